The average Bonchev–Trinajstić information content (AvgIpc) is 2.52. The number of anilines is 1. The van der Waals surface area contributed by atoms with Crippen LogP contribution in [0, 0.1) is 9.49 Å². The van der Waals surface area contributed by atoms with E-state index in [0.717, 1.165) is 44.1 Å². The molecule has 0 bridgehead atoms. The van der Waals surface area contributed by atoms with E-state index in [1.165, 1.54) is 11.9 Å². The summed E-state index contributed by atoms with van der Waals surface area (Å²) < 4.78 is 0.691. The van der Waals surface area contributed by atoms with Gasteiger partial charge < -0.3 is 9.88 Å². The molecule has 1 aromatic carbocycles. The molecule has 1 aromatic heterocycles. The molecule has 0 amide bonds. The maximum Gasteiger partial charge on any atom is 0.266 e. The van der Waals surface area contributed by atoms with Crippen molar-refractivity contribution in [2.75, 3.05) is 18.0 Å². The summed E-state index contributed by atoms with van der Waals surface area (Å²) in [5, 5.41) is 0. The number of halogens is 1. The zero-order valence-electron chi connectivity index (χ0n) is 11.8. The molecule has 1 fully saturated rings. The highest BCUT2D eigenvalue weighted by molar-refractivity contribution is 14.1. The summed E-state index contributed by atoms with van der Waals surface area (Å²) in [6.45, 7) is 1.95. The molecule has 5 heteroatoms. The zero-order chi connectivity index (χ0) is 14.7. The molecule has 0 radical (unpaired) electrons. The highest BCUT2D eigenvalue weighted by atomic mass is 127. The molecule has 21 heavy (non-hydrogen) atoms. The van der Waals surface area contributed by atoms with Crippen LogP contribution < -0.4 is 10.5 Å². The maximum absolute atomic E-state index is 11.7. The molecule has 1 saturated heterocycles. The van der Waals surface area contributed by atoms with Crippen LogP contribution in [0.3, 0.4) is 0 Å². The Hall–Kier alpha value is -1.37. The molecular formula is C16H18IN3O. The first-order chi connectivity index (χ1) is 10.2. The highest BCUT2D eigenvalue weighted by Crippen LogP contribution is 2.25. The van der Waals surface area contributed by atoms with Crippen LogP contribution in [0.2, 0.25) is 0 Å². The Labute approximate surface area is 137 Å². The van der Waals surface area contributed by atoms with Gasteiger partial charge in [-0.25, -0.2) is 4.98 Å². The van der Waals surface area contributed by atoms with E-state index in [4.69, 9.17) is 0 Å². The van der Waals surface area contributed by atoms with E-state index in [9.17, 15) is 4.79 Å². The van der Waals surface area contributed by atoms with Gasteiger partial charge in [-0.3, -0.25) is 4.79 Å². The SMILES string of the molecule is O=c1[nH]cnc(N2CCC(Cc3ccccc3)CC2)c1I. The number of H-pyrrole nitrogens is 1. The molecule has 0 spiro atoms. The molecule has 1 aliphatic rings. The van der Waals surface area contributed by atoms with E-state index in [-0.39, 0.29) is 5.56 Å². The first-order valence-corrected chi connectivity index (χ1v) is 8.34. The van der Waals surface area contributed by atoms with Gasteiger partial charge >= 0.3 is 0 Å². The second-order valence-electron chi connectivity index (χ2n) is 5.49. The second-order valence-corrected chi connectivity index (χ2v) is 6.57. The van der Waals surface area contributed by atoms with E-state index in [0.29, 0.717) is 3.57 Å². The van der Waals surface area contributed by atoms with Crippen molar-refractivity contribution in [2.45, 2.75) is 19.3 Å². The number of piperidine rings is 1. The van der Waals surface area contributed by atoms with Crippen molar-refractivity contribution in [2.24, 2.45) is 5.92 Å². The second kappa shape index (κ2) is 6.60. The van der Waals surface area contributed by atoms with Crippen molar-refractivity contribution in [3.63, 3.8) is 0 Å². The van der Waals surface area contributed by atoms with E-state index in [1.54, 1.807) is 0 Å². The van der Waals surface area contributed by atoms with Crippen molar-refractivity contribution in [1.82, 2.24) is 9.97 Å². The molecule has 0 atom stereocenters. The van der Waals surface area contributed by atoms with Gasteiger partial charge in [-0.1, -0.05) is 30.3 Å². The Kier molecular flexibility index (Phi) is 4.57. The van der Waals surface area contributed by atoms with Crippen LogP contribution in [0.1, 0.15) is 18.4 Å². The standard InChI is InChI=1S/C16H18IN3O/c17-14-15(18-11-19-16(14)21)20-8-6-13(7-9-20)10-12-4-2-1-3-5-12/h1-5,11,13H,6-10H2,(H,18,19,21). The lowest BCUT2D eigenvalue weighted by atomic mass is 9.90. The molecule has 0 aliphatic carbocycles. The number of nitrogens with zero attached hydrogens (tertiary/aromatic N) is 2. The largest absolute Gasteiger partial charge is 0.356 e. The van der Waals surface area contributed by atoms with Gasteiger partial charge in [0.05, 0.1) is 6.33 Å². The summed E-state index contributed by atoms with van der Waals surface area (Å²) in [6.07, 6.45) is 4.95. The van der Waals surface area contributed by atoms with Crippen molar-refractivity contribution < 1.29 is 0 Å². The Morgan fingerprint density at radius 1 is 1.24 bits per heavy atom. The molecule has 2 heterocycles. The number of hydrogen-bond donors (Lipinski definition) is 1. The Bertz CT molecular complexity index is 648. The average molecular weight is 395 g/mol. The third kappa shape index (κ3) is 3.45. The molecule has 1 aliphatic heterocycles. The third-order valence-corrected chi connectivity index (χ3v) is 5.03. The fraction of sp³-hybridized carbons (Fsp3) is 0.375. The fourth-order valence-electron chi connectivity index (χ4n) is 2.89. The monoisotopic (exact) mass is 395 g/mol. The molecule has 0 unspecified atom stereocenters. The van der Waals surface area contributed by atoms with Gasteiger partial charge in [0.2, 0.25) is 0 Å². The predicted octanol–water partition coefficient (Wildman–Crippen LogP) is 2.83. The Balaban J connectivity index is 1.63. The zero-order valence-corrected chi connectivity index (χ0v) is 13.9. The van der Waals surface area contributed by atoms with E-state index in [1.807, 2.05) is 0 Å². The van der Waals surface area contributed by atoms with Crippen LogP contribution in [-0.2, 0) is 6.42 Å². The summed E-state index contributed by atoms with van der Waals surface area (Å²) >= 11 is 2.08. The van der Waals surface area contributed by atoms with Crippen LogP contribution in [0.25, 0.3) is 0 Å². The van der Waals surface area contributed by atoms with Gasteiger partial charge in [-0.15, -0.1) is 0 Å². The summed E-state index contributed by atoms with van der Waals surface area (Å²) in [4.78, 5) is 20.8. The molecular weight excluding hydrogens is 377 g/mol. The van der Waals surface area contributed by atoms with Crippen LogP contribution >= 0.6 is 22.6 Å². The van der Waals surface area contributed by atoms with Crippen LogP contribution in [0.15, 0.2) is 41.5 Å². The number of aromatic nitrogens is 2. The molecule has 4 nitrogen and oxygen atoms in total. The van der Waals surface area contributed by atoms with E-state index >= 15 is 0 Å². The minimum Gasteiger partial charge on any atom is -0.356 e. The minimum atomic E-state index is -0.0491. The molecule has 110 valence electrons. The first-order valence-electron chi connectivity index (χ1n) is 7.26. The smallest absolute Gasteiger partial charge is 0.266 e. The van der Waals surface area contributed by atoms with Gasteiger partial charge in [-0.2, -0.15) is 0 Å². The Morgan fingerprint density at radius 2 is 1.95 bits per heavy atom. The first kappa shape index (κ1) is 14.6. The van der Waals surface area contributed by atoms with Gasteiger partial charge in [0.25, 0.3) is 5.56 Å². The maximum atomic E-state index is 11.7. The number of benzene rings is 1. The van der Waals surface area contributed by atoms with Crippen LogP contribution in [0.4, 0.5) is 5.82 Å². The number of rotatable bonds is 3. The quantitative estimate of drug-likeness (QED) is 0.814. The van der Waals surface area contributed by atoms with Gasteiger partial charge in [0, 0.05) is 13.1 Å². The summed E-state index contributed by atoms with van der Waals surface area (Å²) in [7, 11) is 0. The molecule has 2 aromatic rings. The lowest BCUT2D eigenvalue weighted by Gasteiger charge is -2.33. The normalized spacial score (nSPS) is 16.1. The predicted molar refractivity (Wildman–Crippen MR) is 92.7 cm³/mol. The summed E-state index contributed by atoms with van der Waals surface area (Å²) in [5.74, 6) is 1.56. The fourth-order valence-corrected chi connectivity index (χ4v) is 3.53. The topological polar surface area (TPSA) is 49.0 Å². The lowest BCUT2D eigenvalue weighted by molar-refractivity contribution is 0.402. The number of nitrogens with one attached hydrogen (secondary N) is 1. The van der Waals surface area contributed by atoms with Crippen LogP contribution in [0.5, 0.6) is 0 Å². The van der Waals surface area contributed by atoms with Gasteiger partial charge in [0.1, 0.15) is 9.39 Å². The minimum absolute atomic E-state index is 0.0491. The molecule has 1 N–H and O–H groups in total. The summed E-state index contributed by atoms with van der Waals surface area (Å²) in [5.41, 5.74) is 1.37. The van der Waals surface area contributed by atoms with Crippen molar-refractivity contribution in [3.8, 4) is 0 Å². The molecule has 0 saturated carbocycles. The highest BCUT2D eigenvalue weighted by Gasteiger charge is 2.22. The van der Waals surface area contributed by atoms with Gasteiger partial charge in [0.15, 0.2) is 0 Å². The van der Waals surface area contributed by atoms with Crippen molar-refractivity contribution in [1.29, 1.82) is 0 Å². The van der Waals surface area contributed by atoms with E-state index in [2.05, 4.69) is 67.8 Å². The Morgan fingerprint density at radius 3 is 2.67 bits per heavy atom. The number of aromatic amines is 1. The van der Waals surface area contributed by atoms with Crippen molar-refractivity contribution >= 4 is 28.4 Å². The van der Waals surface area contributed by atoms with Crippen LogP contribution in [-0.4, -0.2) is 23.1 Å². The van der Waals surface area contributed by atoms with Crippen molar-refractivity contribution in [3.05, 3.63) is 56.1 Å². The van der Waals surface area contributed by atoms with Gasteiger partial charge in [-0.05, 0) is 53.3 Å². The summed E-state index contributed by atoms with van der Waals surface area (Å²) in [6, 6.07) is 10.7. The lowest BCUT2D eigenvalue weighted by Crippen LogP contribution is -2.36. The number of hydrogen-bond acceptors (Lipinski definition) is 3. The third-order valence-electron chi connectivity index (χ3n) is 4.06. The van der Waals surface area contributed by atoms with E-state index < -0.39 is 0 Å². The molecule has 3 rings (SSSR count).